The highest BCUT2D eigenvalue weighted by molar-refractivity contribution is 6.07. The quantitative estimate of drug-likeness (QED) is 0.742. The molecule has 2 amide bonds. The number of nitrogens with zero attached hydrogens (tertiary/aromatic N) is 1. The van der Waals surface area contributed by atoms with Crippen molar-refractivity contribution in [2.75, 3.05) is 18.4 Å². The number of likely N-dealkylation sites (tertiary alicyclic amines) is 1. The Morgan fingerprint density at radius 1 is 0.889 bits per heavy atom. The molecule has 0 unspecified atom stereocenters. The van der Waals surface area contributed by atoms with E-state index in [2.05, 4.69) is 5.32 Å². The van der Waals surface area contributed by atoms with Crippen molar-refractivity contribution in [2.24, 2.45) is 0 Å². The lowest BCUT2D eigenvalue weighted by atomic mass is 10.0. The van der Waals surface area contributed by atoms with Gasteiger partial charge in [0.05, 0.1) is 0 Å². The number of anilines is 1. The van der Waals surface area contributed by atoms with Crippen LogP contribution in [0.4, 0.5) is 5.69 Å². The zero-order valence-electron chi connectivity index (χ0n) is 15.4. The first-order valence-electron chi connectivity index (χ1n) is 9.32. The van der Waals surface area contributed by atoms with Crippen LogP contribution in [0.2, 0.25) is 0 Å². The monoisotopic (exact) mass is 358 g/mol. The third-order valence-corrected chi connectivity index (χ3v) is 5.22. The van der Waals surface area contributed by atoms with Gasteiger partial charge in [-0.15, -0.1) is 0 Å². The molecule has 1 N–H and O–H groups in total. The van der Waals surface area contributed by atoms with E-state index >= 15 is 0 Å². The van der Waals surface area contributed by atoms with Crippen LogP contribution in [-0.2, 0) is 0 Å². The maximum absolute atomic E-state index is 12.7. The molecule has 136 valence electrons. The summed E-state index contributed by atoms with van der Waals surface area (Å²) in [5.41, 5.74) is 2.75. The molecule has 4 heteroatoms. The van der Waals surface area contributed by atoms with Crippen LogP contribution in [0.15, 0.2) is 60.7 Å². The molecule has 1 aliphatic rings. The van der Waals surface area contributed by atoms with Gasteiger partial charge in [-0.1, -0.05) is 36.4 Å². The van der Waals surface area contributed by atoms with Gasteiger partial charge in [0, 0.05) is 29.9 Å². The SMILES string of the molecule is Cc1c(NC(=O)c2ccc3ccccc3c2)cccc1C(=O)N1CCCC1. The predicted molar refractivity (Wildman–Crippen MR) is 108 cm³/mol. The van der Waals surface area contributed by atoms with Crippen molar-refractivity contribution in [3.63, 3.8) is 0 Å². The second kappa shape index (κ2) is 7.23. The Balaban J connectivity index is 1.58. The summed E-state index contributed by atoms with van der Waals surface area (Å²) < 4.78 is 0. The Bertz CT molecular complexity index is 1020. The van der Waals surface area contributed by atoms with E-state index in [0.717, 1.165) is 42.3 Å². The van der Waals surface area contributed by atoms with Crippen LogP contribution in [0.5, 0.6) is 0 Å². The van der Waals surface area contributed by atoms with E-state index in [1.165, 1.54) is 0 Å². The third kappa shape index (κ3) is 3.43. The van der Waals surface area contributed by atoms with Gasteiger partial charge in [-0.3, -0.25) is 9.59 Å². The molecule has 0 aromatic heterocycles. The summed E-state index contributed by atoms with van der Waals surface area (Å²) in [6.07, 6.45) is 2.12. The molecule has 1 aliphatic heterocycles. The standard InChI is InChI=1S/C23H22N2O2/c1-16-20(23(27)25-13-4-5-14-25)9-6-10-21(16)24-22(26)19-12-11-17-7-2-3-8-18(17)15-19/h2-3,6-12,15H,4-5,13-14H2,1H3,(H,24,26). The van der Waals surface area contributed by atoms with Crippen molar-refractivity contribution in [1.29, 1.82) is 0 Å². The molecule has 0 aliphatic carbocycles. The lowest BCUT2D eigenvalue weighted by Crippen LogP contribution is -2.28. The minimum Gasteiger partial charge on any atom is -0.339 e. The maximum Gasteiger partial charge on any atom is 0.255 e. The van der Waals surface area contributed by atoms with Crippen LogP contribution in [0.25, 0.3) is 10.8 Å². The van der Waals surface area contributed by atoms with Gasteiger partial charge >= 0.3 is 0 Å². The van der Waals surface area contributed by atoms with E-state index in [9.17, 15) is 9.59 Å². The van der Waals surface area contributed by atoms with Crippen molar-refractivity contribution in [1.82, 2.24) is 4.90 Å². The van der Waals surface area contributed by atoms with Gasteiger partial charge in [-0.2, -0.15) is 0 Å². The van der Waals surface area contributed by atoms with E-state index in [1.54, 1.807) is 0 Å². The molecule has 1 saturated heterocycles. The first kappa shape index (κ1) is 17.3. The number of amides is 2. The van der Waals surface area contributed by atoms with Gasteiger partial charge in [0.2, 0.25) is 0 Å². The number of hydrogen-bond donors (Lipinski definition) is 1. The molecule has 4 rings (SSSR count). The Morgan fingerprint density at radius 2 is 1.63 bits per heavy atom. The van der Waals surface area contributed by atoms with Crippen molar-refractivity contribution in [2.45, 2.75) is 19.8 Å². The Kier molecular flexibility index (Phi) is 4.63. The average molecular weight is 358 g/mol. The Morgan fingerprint density at radius 3 is 2.41 bits per heavy atom. The highest BCUT2D eigenvalue weighted by atomic mass is 16.2. The highest BCUT2D eigenvalue weighted by Gasteiger charge is 2.22. The van der Waals surface area contributed by atoms with E-state index in [0.29, 0.717) is 16.8 Å². The summed E-state index contributed by atoms with van der Waals surface area (Å²) in [5.74, 6) is -0.124. The van der Waals surface area contributed by atoms with Crippen molar-refractivity contribution in [3.8, 4) is 0 Å². The van der Waals surface area contributed by atoms with Crippen LogP contribution in [0.3, 0.4) is 0 Å². The lowest BCUT2D eigenvalue weighted by Gasteiger charge is -2.18. The molecular weight excluding hydrogens is 336 g/mol. The molecule has 0 atom stereocenters. The summed E-state index contributed by atoms with van der Waals surface area (Å²) in [6, 6.07) is 19.1. The van der Waals surface area contributed by atoms with Crippen LogP contribution < -0.4 is 5.32 Å². The van der Waals surface area contributed by atoms with Crippen molar-refractivity contribution >= 4 is 28.3 Å². The third-order valence-electron chi connectivity index (χ3n) is 5.22. The smallest absolute Gasteiger partial charge is 0.255 e. The second-order valence-corrected chi connectivity index (χ2v) is 6.99. The number of carbonyl (C=O) groups is 2. The van der Waals surface area contributed by atoms with Gasteiger partial charge in [0.15, 0.2) is 0 Å². The van der Waals surface area contributed by atoms with Gasteiger partial charge < -0.3 is 10.2 Å². The molecule has 1 heterocycles. The molecule has 1 fully saturated rings. The maximum atomic E-state index is 12.7. The summed E-state index contributed by atoms with van der Waals surface area (Å²) in [7, 11) is 0. The summed E-state index contributed by atoms with van der Waals surface area (Å²) in [5, 5.41) is 5.10. The summed E-state index contributed by atoms with van der Waals surface area (Å²) >= 11 is 0. The summed E-state index contributed by atoms with van der Waals surface area (Å²) in [4.78, 5) is 27.4. The molecule has 4 nitrogen and oxygen atoms in total. The minimum atomic E-state index is -0.172. The predicted octanol–water partition coefficient (Wildman–Crippen LogP) is 4.64. The van der Waals surface area contributed by atoms with E-state index in [-0.39, 0.29) is 11.8 Å². The lowest BCUT2D eigenvalue weighted by molar-refractivity contribution is 0.0791. The Labute approximate surface area is 158 Å². The largest absolute Gasteiger partial charge is 0.339 e. The van der Waals surface area contributed by atoms with Crippen LogP contribution >= 0.6 is 0 Å². The average Bonchev–Trinajstić information content (AvgIpc) is 3.23. The van der Waals surface area contributed by atoms with Crippen LogP contribution in [0, 0.1) is 6.92 Å². The topological polar surface area (TPSA) is 49.4 Å². The van der Waals surface area contributed by atoms with E-state index < -0.39 is 0 Å². The first-order valence-corrected chi connectivity index (χ1v) is 9.32. The molecular formula is C23H22N2O2. The van der Waals surface area contributed by atoms with Crippen molar-refractivity contribution in [3.05, 3.63) is 77.4 Å². The summed E-state index contributed by atoms with van der Waals surface area (Å²) in [6.45, 7) is 3.51. The molecule has 0 spiro atoms. The molecule has 0 radical (unpaired) electrons. The number of rotatable bonds is 3. The van der Waals surface area contributed by atoms with Crippen LogP contribution in [0.1, 0.15) is 39.1 Å². The fourth-order valence-electron chi connectivity index (χ4n) is 3.62. The number of hydrogen-bond acceptors (Lipinski definition) is 2. The molecule has 3 aromatic rings. The van der Waals surface area contributed by atoms with Crippen molar-refractivity contribution < 1.29 is 9.59 Å². The van der Waals surface area contributed by atoms with Gasteiger partial charge in [0.25, 0.3) is 11.8 Å². The van der Waals surface area contributed by atoms with Gasteiger partial charge in [-0.25, -0.2) is 0 Å². The van der Waals surface area contributed by atoms with Crippen LogP contribution in [-0.4, -0.2) is 29.8 Å². The fourth-order valence-corrected chi connectivity index (χ4v) is 3.62. The molecule has 27 heavy (non-hydrogen) atoms. The van der Waals surface area contributed by atoms with Gasteiger partial charge in [-0.05, 0) is 60.4 Å². The number of carbonyl (C=O) groups excluding carboxylic acids is 2. The molecule has 0 bridgehead atoms. The normalized spacial score (nSPS) is 13.7. The second-order valence-electron chi connectivity index (χ2n) is 6.99. The van der Waals surface area contributed by atoms with Gasteiger partial charge in [0.1, 0.15) is 0 Å². The molecule has 3 aromatic carbocycles. The number of fused-ring (bicyclic) bond motifs is 1. The highest BCUT2D eigenvalue weighted by Crippen LogP contribution is 2.23. The minimum absolute atomic E-state index is 0.0480. The zero-order chi connectivity index (χ0) is 18.8. The van der Waals surface area contributed by atoms with E-state index in [4.69, 9.17) is 0 Å². The zero-order valence-corrected chi connectivity index (χ0v) is 15.4. The first-order chi connectivity index (χ1) is 13.1. The van der Waals surface area contributed by atoms with E-state index in [1.807, 2.05) is 72.5 Å². The Hall–Kier alpha value is -3.14. The number of nitrogens with one attached hydrogen (secondary N) is 1. The fraction of sp³-hybridized carbons (Fsp3) is 0.217. The number of benzene rings is 3. The molecule has 0 saturated carbocycles.